The van der Waals surface area contributed by atoms with Crippen molar-refractivity contribution in [3.05, 3.63) is 34.6 Å². The van der Waals surface area contributed by atoms with Crippen molar-refractivity contribution < 1.29 is 18.1 Å². The van der Waals surface area contributed by atoms with E-state index in [1.165, 1.54) is 7.11 Å². The van der Waals surface area contributed by atoms with Gasteiger partial charge in [-0.05, 0) is 6.07 Å². The van der Waals surface area contributed by atoms with Crippen LogP contribution in [0.5, 0.6) is 5.75 Å². The molecule has 0 aliphatic rings. The van der Waals surface area contributed by atoms with Crippen LogP contribution < -0.4 is 9.46 Å². The number of methoxy groups -OCH3 is 1. The van der Waals surface area contributed by atoms with Gasteiger partial charge in [-0.3, -0.25) is 10.1 Å². The summed E-state index contributed by atoms with van der Waals surface area (Å²) in [5.74, 6) is -0.225. The molecule has 10 nitrogen and oxygen atoms in total. The summed E-state index contributed by atoms with van der Waals surface area (Å²) >= 11 is 0. The van der Waals surface area contributed by atoms with Gasteiger partial charge in [0.1, 0.15) is 17.0 Å². The number of anilines is 1. The zero-order valence-electron chi connectivity index (χ0n) is 10.1. The first kappa shape index (κ1) is 13.7. The van der Waals surface area contributed by atoms with E-state index in [4.69, 9.17) is 4.74 Å². The summed E-state index contributed by atoms with van der Waals surface area (Å²) in [5.41, 5.74) is -0.277. The van der Waals surface area contributed by atoms with Gasteiger partial charge in [0, 0.05) is 6.07 Å². The second kappa shape index (κ2) is 5.13. The lowest BCUT2D eigenvalue weighted by Gasteiger charge is -2.09. The number of rotatable bonds is 5. The van der Waals surface area contributed by atoms with Crippen LogP contribution in [-0.2, 0) is 10.0 Å². The lowest BCUT2D eigenvalue weighted by molar-refractivity contribution is -0.385. The third-order valence-corrected chi connectivity index (χ3v) is 3.67. The number of aromatic nitrogens is 3. The Bertz CT molecular complexity index is 727. The number of hydrogen-bond acceptors (Lipinski definition) is 7. The van der Waals surface area contributed by atoms with Crippen LogP contribution in [0.15, 0.2) is 29.4 Å². The van der Waals surface area contributed by atoms with Crippen molar-refractivity contribution in [3.8, 4) is 5.75 Å². The van der Waals surface area contributed by atoms with Crippen molar-refractivity contribution in [2.75, 3.05) is 11.8 Å². The van der Waals surface area contributed by atoms with E-state index in [0.717, 1.165) is 24.5 Å². The van der Waals surface area contributed by atoms with Gasteiger partial charge in [-0.1, -0.05) is 0 Å². The molecule has 1 aromatic carbocycles. The highest BCUT2D eigenvalue weighted by Crippen LogP contribution is 2.29. The fourth-order valence-electron chi connectivity index (χ4n) is 1.43. The van der Waals surface area contributed by atoms with Gasteiger partial charge in [-0.25, -0.2) is 18.2 Å². The van der Waals surface area contributed by atoms with Crippen molar-refractivity contribution in [1.29, 1.82) is 0 Å². The second-order valence-electron chi connectivity index (χ2n) is 3.53. The number of nitrogens with zero attached hydrogens (tertiary/aromatic N) is 3. The van der Waals surface area contributed by atoms with Gasteiger partial charge in [-0.2, -0.15) is 10.1 Å². The van der Waals surface area contributed by atoms with E-state index in [9.17, 15) is 18.5 Å². The maximum Gasteiger partial charge on any atom is 0.273 e. The number of ether oxygens (including phenoxy) is 1. The Morgan fingerprint density at radius 2 is 2.20 bits per heavy atom. The maximum absolute atomic E-state index is 12.1. The summed E-state index contributed by atoms with van der Waals surface area (Å²) in [6.07, 6.45) is 1.13. The number of hydrogen-bond donors (Lipinski definition) is 2. The zero-order valence-corrected chi connectivity index (χ0v) is 10.9. The summed E-state index contributed by atoms with van der Waals surface area (Å²) in [6.45, 7) is 0. The van der Waals surface area contributed by atoms with Crippen molar-refractivity contribution in [2.45, 2.75) is 4.90 Å². The molecule has 106 valence electrons. The standard InChI is InChI=1S/C9H9N5O5S/c1-19-7-4-6(14(15)16)2-3-8(7)20(17,18)13-9-10-5-11-12-9/h2-5H,1H3,(H2,10,11,12,13). The number of nitro groups is 1. The molecule has 0 spiro atoms. The average Bonchev–Trinajstić information content (AvgIpc) is 2.89. The third kappa shape index (κ3) is 2.66. The molecule has 0 atom stereocenters. The Kier molecular flexibility index (Phi) is 3.52. The normalized spacial score (nSPS) is 11.1. The smallest absolute Gasteiger partial charge is 0.273 e. The van der Waals surface area contributed by atoms with Crippen LogP contribution in [0.2, 0.25) is 0 Å². The van der Waals surface area contributed by atoms with Crippen LogP contribution in [0.4, 0.5) is 11.6 Å². The summed E-state index contributed by atoms with van der Waals surface area (Å²) in [7, 11) is -2.78. The number of aromatic amines is 1. The molecule has 0 fully saturated rings. The first-order valence-corrected chi connectivity index (χ1v) is 6.63. The number of nitro benzene ring substituents is 1. The Labute approximate surface area is 113 Å². The zero-order chi connectivity index (χ0) is 14.8. The van der Waals surface area contributed by atoms with Crippen molar-refractivity contribution in [2.24, 2.45) is 0 Å². The van der Waals surface area contributed by atoms with Crippen LogP contribution in [0.3, 0.4) is 0 Å². The molecule has 0 unspecified atom stereocenters. The lowest BCUT2D eigenvalue weighted by atomic mass is 10.3. The van der Waals surface area contributed by atoms with Gasteiger partial charge in [0.25, 0.3) is 15.7 Å². The Hall–Kier alpha value is -2.69. The molecule has 0 aliphatic heterocycles. The van der Waals surface area contributed by atoms with E-state index in [1.807, 2.05) is 0 Å². The number of nitrogens with one attached hydrogen (secondary N) is 2. The largest absolute Gasteiger partial charge is 0.495 e. The molecule has 0 saturated heterocycles. The van der Waals surface area contributed by atoms with Gasteiger partial charge < -0.3 is 4.74 Å². The predicted molar refractivity (Wildman–Crippen MR) is 66.8 cm³/mol. The molecule has 2 aromatic rings. The fourth-order valence-corrected chi connectivity index (χ4v) is 2.55. The topological polar surface area (TPSA) is 140 Å². The molecular weight excluding hydrogens is 290 g/mol. The molecule has 1 heterocycles. The number of non-ortho nitro benzene ring substituents is 1. The quantitative estimate of drug-likeness (QED) is 0.605. The minimum absolute atomic E-state index is 0.0783. The molecule has 2 N–H and O–H groups in total. The van der Waals surface area contributed by atoms with Crippen LogP contribution in [-0.4, -0.2) is 35.6 Å². The van der Waals surface area contributed by atoms with E-state index in [2.05, 4.69) is 19.9 Å². The van der Waals surface area contributed by atoms with Gasteiger partial charge in [-0.15, -0.1) is 0 Å². The van der Waals surface area contributed by atoms with Gasteiger partial charge >= 0.3 is 0 Å². The summed E-state index contributed by atoms with van der Waals surface area (Å²) < 4.78 is 31.2. The predicted octanol–water partition coefficient (Wildman–Crippen LogP) is 0.522. The van der Waals surface area contributed by atoms with E-state index >= 15 is 0 Å². The van der Waals surface area contributed by atoms with E-state index in [0.29, 0.717) is 0 Å². The highest BCUT2D eigenvalue weighted by Gasteiger charge is 2.23. The first-order valence-electron chi connectivity index (χ1n) is 5.14. The lowest BCUT2D eigenvalue weighted by Crippen LogP contribution is -2.15. The minimum Gasteiger partial charge on any atom is -0.495 e. The second-order valence-corrected chi connectivity index (χ2v) is 5.18. The fraction of sp³-hybridized carbons (Fsp3) is 0.111. The van der Waals surface area contributed by atoms with Crippen LogP contribution in [0.25, 0.3) is 0 Å². The van der Waals surface area contributed by atoms with Crippen molar-refractivity contribution >= 4 is 21.7 Å². The number of H-pyrrole nitrogens is 1. The molecule has 0 bridgehead atoms. The monoisotopic (exact) mass is 299 g/mol. The number of sulfonamides is 1. The molecule has 0 saturated carbocycles. The minimum atomic E-state index is -4.00. The maximum atomic E-state index is 12.1. The molecule has 20 heavy (non-hydrogen) atoms. The molecule has 2 rings (SSSR count). The Morgan fingerprint density at radius 1 is 1.45 bits per heavy atom. The molecule has 11 heteroatoms. The van der Waals surface area contributed by atoms with Crippen molar-refractivity contribution in [1.82, 2.24) is 15.2 Å². The van der Waals surface area contributed by atoms with Gasteiger partial charge in [0.15, 0.2) is 0 Å². The molecule has 0 radical (unpaired) electrons. The summed E-state index contributed by atoms with van der Waals surface area (Å²) in [5, 5.41) is 16.5. The Morgan fingerprint density at radius 3 is 2.75 bits per heavy atom. The molecule has 0 amide bonds. The molecule has 1 aromatic heterocycles. The van der Waals surface area contributed by atoms with Crippen LogP contribution in [0, 0.1) is 10.1 Å². The SMILES string of the molecule is COc1cc([N+](=O)[O-])ccc1S(=O)(=O)Nc1ncn[nH]1. The molecule has 0 aliphatic carbocycles. The summed E-state index contributed by atoms with van der Waals surface area (Å²) in [6, 6.07) is 3.17. The van der Waals surface area contributed by atoms with E-state index in [-0.39, 0.29) is 22.3 Å². The van der Waals surface area contributed by atoms with Gasteiger partial charge in [0.05, 0.1) is 18.1 Å². The van der Waals surface area contributed by atoms with E-state index in [1.54, 1.807) is 0 Å². The van der Waals surface area contributed by atoms with Crippen molar-refractivity contribution in [3.63, 3.8) is 0 Å². The van der Waals surface area contributed by atoms with Crippen LogP contribution in [0.1, 0.15) is 0 Å². The van der Waals surface area contributed by atoms with E-state index < -0.39 is 14.9 Å². The first-order chi connectivity index (χ1) is 9.44. The van der Waals surface area contributed by atoms with Crippen LogP contribution >= 0.6 is 0 Å². The van der Waals surface area contributed by atoms with Gasteiger partial charge in [0.2, 0.25) is 5.95 Å². The molecular formula is C9H9N5O5S. The highest BCUT2D eigenvalue weighted by molar-refractivity contribution is 7.92. The average molecular weight is 299 g/mol. The Balaban J connectivity index is 2.43. The summed E-state index contributed by atoms with van der Waals surface area (Å²) in [4.78, 5) is 13.4. The highest BCUT2D eigenvalue weighted by atomic mass is 32.2. The number of benzene rings is 1. The third-order valence-electron chi connectivity index (χ3n) is 2.29.